The molecule has 3 aromatic rings. The summed E-state index contributed by atoms with van der Waals surface area (Å²) in [6, 6.07) is 7.89. The van der Waals surface area contributed by atoms with E-state index in [4.69, 9.17) is 14.2 Å². The van der Waals surface area contributed by atoms with Gasteiger partial charge in [-0.3, -0.25) is 4.57 Å². The topological polar surface area (TPSA) is 58.4 Å². The van der Waals surface area contributed by atoms with E-state index < -0.39 is 0 Å². The van der Waals surface area contributed by atoms with Crippen molar-refractivity contribution in [2.24, 2.45) is 0 Å². The van der Waals surface area contributed by atoms with Gasteiger partial charge in [0.2, 0.25) is 5.75 Å². The number of aromatic nitrogens is 3. The molecule has 3 heterocycles. The molecule has 2 aromatic heterocycles. The van der Waals surface area contributed by atoms with E-state index in [0.717, 1.165) is 27.1 Å². The Morgan fingerprint density at radius 3 is 3.00 bits per heavy atom. The predicted octanol–water partition coefficient (Wildman–Crippen LogP) is 1.67. The highest BCUT2D eigenvalue weighted by Crippen LogP contribution is 2.41. The second-order valence-corrected chi connectivity index (χ2v) is 6.84. The van der Waals surface area contributed by atoms with Crippen molar-refractivity contribution >= 4 is 40.5 Å². The van der Waals surface area contributed by atoms with Crippen LogP contribution >= 0.6 is 15.9 Å². The van der Waals surface area contributed by atoms with E-state index in [0.29, 0.717) is 30.4 Å². The van der Waals surface area contributed by atoms with Crippen molar-refractivity contribution in [1.82, 2.24) is 14.5 Å². The maximum atomic E-state index is 5.91. The Bertz CT molecular complexity index is 960. The maximum absolute atomic E-state index is 5.91. The van der Waals surface area contributed by atoms with Crippen molar-refractivity contribution in [1.29, 1.82) is 0 Å². The standard InChI is InChI=1S/C17H17BBrN3O3/c1-9-8-24-15-12(23-2)5-10(6-13(15)25-9)7-22-16-11(20-17(22)19)3-4-14(18)21-16/h3-6,9H,7-8,18H2,1-2H3. The molecule has 0 aliphatic carbocycles. The van der Waals surface area contributed by atoms with E-state index >= 15 is 0 Å². The molecule has 128 valence electrons. The molecule has 1 atom stereocenters. The van der Waals surface area contributed by atoms with Gasteiger partial charge in [-0.05, 0) is 58.3 Å². The van der Waals surface area contributed by atoms with Gasteiger partial charge >= 0.3 is 0 Å². The first-order valence-electron chi connectivity index (χ1n) is 8.05. The zero-order valence-electron chi connectivity index (χ0n) is 14.2. The largest absolute Gasteiger partial charge is 0.493 e. The number of ether oxygens (including phenoxy) is 3. The van der Waals surface area contributed by atoms with Crippen LogP contribution in [0.25, 0.3) is 11.2 Å². The second-order valence-electron chi connectivity index (χ2n) is 6.13. The Balaban J connectivity index is 1.78. The Hall–Kier alpha value is -2.22. The average Bonchev–Trinajstić information content (AvgIpc) is 2.89. The van der Waals surface area contributed by atoms with Crippen molar-refractivity contribution in [2.45, 2.75) is 19.6 Å². The van der Waals surface area contributed by atoms with E-state index in [-0.39, 0.29) is 6.10 Å². The van der Waals surface area contributed by atoms with Crippen molar-refractivity contribution < 1.29 is 14.2 Å². The van der Waals surface area contributed by atoms with Gasteiger partial charge in [-0.25, -0.2) is 9.97 Å². The van der Waals surface area contributed by atoms with Crippen LogP contribution in [0.1, 0.15) is 12.5 Å². The van der Waals surface area contributed by atoms with Crippen molar-refractivity contribution in [2.75, 3.05) is 13.7 Å². The van der Waals surface area contributed by atoms with Crippen molar-refractivity contribution in [3.63, 3.8) is 0 Å². The van der Waals surface area contributed by atoms with E-state index in [1.165, 1.54) is 0 Å². The third-order valence-electron chi connectivity index (χ3n) is 4.12. The zero-order valence-corrected chi connectivity index (χ0v) is 15.8. The normalized spacial score (nSPS) is 16.2. The van der Waals surface area contributed by atoms with Gasteiger partial charge in [0.25, 0.3) is 0 Å². The molecule has 4 rings (SSSR count). The second kappa shape index (κ2) is 6.26. The number of rotatable bonds is 3. The van der Waals surface area contributed by atoms with Crippen LogP contribution in [0.4, 0.5) is 0 Å². The first kappa shape index (κ1) is 16.3. The van der Waals surface area contributed by atoms with Crippen molar-refractivity contribution in [3.05, 3.63) is 34.6 Å². The molecule has 1 unspecified atom stereocenters. The number of fused-ring (bicyclic) bond motifs is 2. The maximum Gasteiger partial charge on any atom is 0.203 e. The number of benzene rings is 1. The Morgan fingerprint density at radius 1 is 1.36 bits per heavy atom. The zero-order chi connectivity index (χ0) is 17.6. The van der Waals surface area contributed by atoms with Crippen LogP contribution < -0.4 is 19.8 Å². The molecule has 0 spiro atoms. The van der Waals surface area contributed by atoms with Crippen LogP contribution in [0.5, 0.6) is 17.2 Å². The first-order valence-corrected chi connectivity index (χ1v) is 8.84. The molecule has 0 radical (unpaired) electrons. The number of imidazole rings is 1. The van der Waals surface area contributed by atoms with E-state index in [1.54, 1.807) is 7.11 Å². The van der Waals surface area contributed by atoms with Gasteiger partial charge in [0.05, 0.1) is 13.7 Å². The van der Waals surface area contributed by atoms with Gasteiger partial charge in [-0.15, -0.1) is 0 Å². The number of hydrogen-bond donors (Lipinski definition) is 0. The molecule has 8 heteroatoms. The van der Waals surface area contributed by atoms with E-state index in [1.807, 2.05) is 43.6 Å². The fourth-order valence-corrected chi connectivity index (χ4v) is 3.43. The van der Waals surface area contributed by atoms with Crippen LogP contribution in [0.3, 0.4) is 0 Å². The highest BCUT2D eigenvalue weighted by atomic mass is 79.9. The third kappa shape index (κ3) is 2.95. The lowest BCUT2D eigenvalue weighted by atomic mass is 10.0. The van der Waals surface area contributed by atoms with Gasteiger partial charge in [0.1, 0.15) is 18.2 Å². The number of halogens is 1. The van der Waals surface area contributed by atoms with Gasteiger partial charge in [-0.1, -0.05) is 0 Å². The van der Waals surface area contributed by atoms with Crippen LogP contribution in [0.2, 0.25) is 0 Å². The van der Waals surface area contributed by atoms with Gasteiger partial charge in [0.15, 0.2) is 29.7 Å². The fraction of sp³-hybridized carbons (Fsp3) is 0.294. The number of nitrogens with zero attached hydrogens (tertiary/aromatic N) is 3. The summed E-state index contributed by atoms with van der Waals surface area (Å²) in [4.78, 5) is 9.14. The summed E-state index contributed by atoms with van der Waals surface area (Å²) < 4.78 is 19.9. The molecule has 0 amide bonds. The fourth-order valence-electron chi connectivity index (χ4n) is 2.95. The smallest absolute Gasteiger partial charge is 0.203 e. The van der Waals surface area contributed by atoms with Gasteiger partial charge < -0.3 is 14.2 Å². The van der Waals surface area contributed by atoms with Gasteiger partial charge in [0, 0.05) is 0 Å². The summed E-state index contributed by atoms with van der Waals surface area (Å²) in [5.74, 6) is 2.04. The molecule has 1 aliphatic rings. The average molecular weight is 402 g/mol. The summed E-state index contributed by atoms with van der Waals surface area (Å²) >= 11 is 3.54. The Kier molecular flexibility index (Phi) is 4.07. The van der Waals surface area contributed by atoms with Crippen LogP contribution in [0.15, 0.2) is 29.0 Å². The molecule has 0 fully saturated rings. The van der Waals surface area contributed by atoms with Gasteiger partial charge in [-0.2, -0.15) is 0 Å². The Morgan fingerprint density at radius 2 is 2.20 bits per heavy atom. The minimum Gasteiger partial charge on any atom is -0.493 e. The van der Waals surface area contributed by atoms with Crippen LogP contribution in [-0.4, -0.2) is 42.2 Å². The summed E-state index contributed by atoms with van der Waals surface area (Å²) in [7, 11) is 3.60. The monoisotopic (exact) mass is 401 g/mol. The lowest BCUT2D eigenvalue weighted by molar-refractivity contribution is 0.100. The number of hydrogen-bond acceptors (Lipinski definition) is 5. The SMILES string of the molecule is Bc1ccc2nc(Br)n(Cc3cc(OC)c4c(c3)OC(C)CO4)c2n1. The summed E-state index contributed by atoms with van der Waals surface area (Å²) in [5.41, 5.74) is 3.68. The summed E-state index contributed by atoms with van der Waals surface area (Å²) in [5, 5.41) is 0. The quantitative estimate of drug-likeness (QED) is 0.625. The molecule has 0 saturated heterocycles. The first-order chi connectivity index (χ1) is 12.0. The highest BCUT2D eigenvalue weighted by Gasteiger charge is 2.23. The van der Waals surface area contributed by atoms with Crippen LogP contribution in [0, 0.1) is 0 Å². The Labute approximate surface area is 154 Å². The highest BCUT2D eigenvalue weighted by molar-refractivity contribution is 9.10. The lowest BCUT2D eigenvalue weighted by Crippen LogP contribution is -2.26. The predicted molar refractivity (Wildman–Crippen MR) is 101 cm³/mol. The third-order valence-corrected chi connectivity index (χ3v) is 4.72. The summed E-state index contributed by atoms with van der Waals surface area (Å²) in [6.07, 6.45) is 0.0117. The molecule has 0 bridgehead atoms. The lowest BCUT2D eigenvalue weighted by Gasteiger charge is -2.26. The molecule has 1 aliphatic heterocycles. The van der Waals surface area contributed by atoms with E-state index in [2.05, 4.69) is 25.9 Å². The number of pyridine rings is 1. The summed E-state index contributed by atoms with van der Waals surface area (Å²) in [6.45, 7) is 3.09. The molecular weight excluding hydrogens is 385 g/mol. The molecule has 6 nitrogen and oxygen atoms in total. The molecule has 1 aromatic carbocycles. The van der Waals surface area contributed by atoms with Crippen molar-refractivity contribution in [3.8, 4) is 17.2 Å². The van der Waals surface area contributed by atoms with Crippen LogP contribution in [-0.2, 0) is 6.54 Å². The number of methoxy groups -OCH3 is 1. The molecule has 0 N–H and O–H groups in total. The molecule has 25 heavy (non-hydrogen) atoms. The minimum absolute atomic E-state index is 0.0117. The molecular formula is C17H17BBrN3O3. The molecule has 0 saturated carbocycles. The van der Waals surface area contributed by atoms with E-state index in [9.17, 15) is 0 Å². The minimum atomic E-state index is 0.0117.